The number of fused-ring (bicyclic) bond motifs is 3. The van der Waals surface area contributed by atoms with Crippen LogP contribution in [0.15, 0.2) is 76.3 Å². The molecule has 3 aliphatic rings. The van der Waals surface area contributed by atoms with Gasteiger partial charge in [0.1, 0.15) is 6.07 Å². The number of morpholine rings is 1. The van der Waals surface area contributed by atoms with Crippen LogP contribution in [-0.2, 0) is 16.0 Å². The number of hydrogen-bond donors (Lipinski definition) is 1. The van der Waals surface area contributed by atoms with Crippen LogP contribution in [0.25, 0.3) is 11.6 Å². The van der Waals surface area contributed by atoms with E-state index in [0.29, 0.717) is 24.5 Å². The summed E-state index contributed by atoms with van der Waals surface area (Å²) in [5, 5.41) is 21.0. The first-order valence-electron chi connectivity index (χ1n) is 13.3. The van der Waals surface area contributed by atoms with Gasteiger partial charge in [-0.25, -0.2) is 4.98 Å². The maximum absolute atomic E-state index is 13.3. The number of rotatable bonds is 5. The van der Waals surface area contributed by atoms with Crippen LogP contribution in [-0.4, -0.2) is 58.1 Å². The van der Waals surface area contributed by atoms with E-state index in [-0.39, 0.29) is 36.2 Å². The molecule has 2 fully saturated rings. The standard InChI is InChI=1S/C30H25N7O3/c31-14-18-12-24(37-21-10-11-22(37)17-39-16-21)27(32-15-18)29-35-36-30(40-29)34-28-25(38)13-20-8-4-5-9-23(20)26(33-28)19-6-2-1-3-7-19/h1-9,12,15,21-22,28H,10-11,13,16-17H2,(H,34,36)/t21?,22?,28-/m1/s1. The van der Waals surface area contributed by atoms with Crippen LogP contribution in [0, 0.1) is 11.3 Å². The molecule has 0 aliphatic carbocycles. The highest BCUT2D eigenvalue weighted by atomic mass is 16.5. The van der Waals surface area contributed by atoms with Crippen LogP contribution in [0.4, 0.5) is 11.7 Å². The van der Waals surface area contributed by atoms with Crippen molar-refractivity contribution >= 4 is 23.2 Å². The normalized spacial score (nSPS) is 21.8. The quantitative estimate of drug-likeness (QED) is 0.409. The number of hydrogen-bond acceptors (Lipinski definition) is 10. The first kappa shape index (κ1) is 24.2. The van der Waals surface area contributed by atoms with Gasteiger partial charge >= 0.3 is 6.01 Å². The van der Waals surface area contributed by atoms with Crippen molar-refractivity contribution in [2.75, 3.05) is 23.4 Å². The first-order valence-corrected chi connectivity index (χ1v) is 13.3. The van der Waals surface area contributed by atoms with Gasteiger partial charge in [0.2, 0.25) is 0 Å². The van der Waals surface area contributed by atoms with Gasteiger partial charge in [0, 0.05) is 23.7 Å². The second-order valence-corrected chi connectivity index (χ2v) is 10.1. The van der Waals surface area contributed by atoms with E-state index >= 15 is 0 Å². The minimum Gasteiger partial charge on any atom is -0.402 e. The third kappa shape index (κ3) is 4.30. The fourth-order valence-electron chi connectivity index (χ4n) is 5.79. The second-order valence-electron chi connectivity index (χ2n) is 10.1. The number of carbonyl (C=O) groups excluding carboxylic acids is 1. The van der Waals surface area contributed by atoms with Crippen LogP contribution in [0.2, 0.25) is 0 Å². The summed E-state index contributed by atoms with van der Waals surface area (Å²) in [7, 11) is 0. The van der Waals surface area contributed by atoms with E-state index in [2.05, 4.69) is 31.5 Å². The number of aromatic nitrogens is 3. The lowest BCUT2D eigenvalue weighted by atomic mass is 9.96. The summed E-state index contributed by atoms with van der Waals surface area (Å²) in [4.78, 5) is 25.0. The average Bonchev–Trinajstić information content (AvgIpc) is 3.51. The molecule has 10 nitrogen and oxygen atoms in total. The Balaban J connectivity index is 1.23. The lowest BCUT2D eigenvalue weighted by Crippen LogP contribution is -2.46. The number of benzene rings is 2. The van der Waals surface area contributed by atoms with E-state index in [4.69, 9.17) is 14.1 Å². The summed E-state index contributed by atoms with van der Waals surface area (Å²) < 4.78 is 11.8. The van der Waals surface area contributed by atoms with Crippen LogP contribution < -0.4 is 10.2 Å². The molecule has 0 amide bonds. The Hall–Kier alpha value is -4.88. The minimum atomic E-state index is -0.917. The number of aliphatic imine (C=N–C) groups is 1. The summed E-state index contributed by atoms with van der Waals surface area (Å²) in [6, 6.07) is 22.1. The Morgan fingerprint density at radius 3 is 2.58 bits per heavy atom. The van der Waals surface area contributed by atoms with E-state index in [0.717, 1.165) is 40.9 Å². The van der Waals surface area contributed by atoms with Gasteiger partial charge < -0.3 is 19.4 Å². The Morgan fingerprint density at radius 2 is 1.77 bits per heavy atom. The van der Waals surface area contributed by atoms with E-state index in [1.807, 2.05) is 60.7 Å². The lowest BCUT2D eigenvalue weighted by molar-refractivity contribution is -0.119. The zero-order valence-electron chi connectivity index (χ0n) is 21.5. The summed E-state index contributed by atoms with van der Waals surface area (Å²) in [6.45, 7) is 1.24. The van der Waals surface area contributed by atoms with Gasteiger partial charge in [-0.15, -0.1) is 5.10 Å². The van der Waals surface area contributed by atoms with Crippen molar-refractivity contribution in [3.8, 4) is 17.7 Å². The topological polar surface area (TPSA) is 130 Å². The molecular weight excluding hydrogens is 506 g/mol. The summed E-state index contributed by atoms with van der Waals surface area (Å²) >= 11 is 0. The number of ketones is 1. The van der Waals surface area contributed by atoms with Crippen molar-refractivity contribution in [3.05, 3.63) is 89.1 Å². The van der Waals surface area contributed by atoms with Crippen molar-refractivity contribution in [2.24, 2.45) is 4.99 Å². The zero-order chi connectivity index (χ0) is 27.1. The van der Waals surface area contributed by atoms with Crippen molar-refractivity contribution in [1.29, 1.82) is 5.26 Å². The highest BCUT2D eigenvalue weighted by molar-refractivity contribution is 6.16. The maximum atomic E-state index is 13.3. The van der Waals surface area contributed by atoms with E-state index in [1.54, 1.807) is 0 Å². The summed E-state index contributed by atoms with van der Waals surface area (Å²) in [5.41, 5.74) is 5.18. The van der Waals surface area contributed by atoms with E-state index < -0.39 is 6.17 Å². The molecule has 1 N–H and O–H groups in total. The van der Waals surface area contributed by atoms with Crippen molar-refractivity contribution < 1.29 is 13.9 Å². The first-order chi connectivity index (χ1) is 19.7. The number of ether oxygens (including phenoxy) is 1. The van der Waals surface area contributed by atoms with Gasteiger partial charge in [0.05, 0.1) is 42.3 Å². The molecule has 0 spiro atoms. The maximum Gasteiger partial charge on any atom is 0.317 e. The van der Waals surface area contributed by atoms with Crippen molar-refractivity contribution in [2.45, 2.75) is 37.5 Å². The fraction of sp³-hybridized carbons (Fsp3) is 0.267. The molecule has 198 valence electrons. The SMILES string of the molecule is N#Cc1cnc(-c2nnc(N[C@H]3N=C(c4ccccc4)c4ccccc4CC3=O)o2)c(N2C3CCC2COC3)c1. The predicted octanol–water partition coefficient (Wildman–Crippen LogP) is 3.77. The smallest absolute Gasteiger partial charge is 0.317 e. The molecule has 4 aromatic rings. The molecule has 2 aromatic carbocycles. The molecule has 40 heavy (non-hydrogen) atoms. The number of anilines is 2. The van der Waals surface area contributed by atoms with Crippen LogP contribution >= 0.6 is 0 Å². The Labute approximate surface area is 230 Å². The molecule has 0 saturated carbocycles. The van der Waals surface area contributed by atoms with Gasteiger partial charge in [-0.05, 0) is 24.5 Å². The third-order valence-electron chi connectivity index (χ3n) is 7.65. The number of pyridine rings is 1. The number of nitrogens with zero attached hydrogens (tertiary/aromatic N) is 6. The zero-order valence-corrected chi connectivity index (χ0v) is 21.5. The van der Waals surface area contributed by atoms with Gasteiger partial charge in [0.15, 0.2) is 17.6 Å². The molecule has 2 aromatic heterocycles. The van der Waals surface area contributed by atoms with Gasteiger partial charge in [-0.2, -0.15) is 5.26 Å². The fourth-order valence-corrected chi connectivity index (χ4v) is 5.79. The number of Topliss-reactive ketones (excluding diaryl/α,β-unsaturated/α-hetero) is 1. The summed E-state index contributed by atoms with van der Waals surface area (Å²) in [6.07, 6.45) is 2.81. The Bertz CT molecular complexity index is 1640. The molecule has 7 rings (SSSR count). The third-order valence-corrected chi connectivity index (χ3v) is 7.65. The molecule has 2 bridgehead atoms. The summed E-state index contributed by atoms with van der Waals surface area (Å²) in [5.74, 6) is 0.0877. The number of nitrogens with one attached hydrogen (secondary N) is 1. The number of carbonyl (C=O) groups is 1. The average molecular weight is 532 g/mol. The number of nitriles is 1. The van der Waals surface area contributed by atoms with Crippen molar-refractivity contribution in [1.82, 2.24) is 15.2 Å². The van der Waals surface area contributed by atoms with Gasteiger partial charge in [-0.3, -0.25) is 9.79 Å². The van der Waals surface area contributed by atoms with Gasteiger partial charge in [0.25, 0.3) is 5.89 Å². The largest absolute Gasteiger partial charge is 0.402 e. The minimum absolute atomic E-state index is 0.0672. The van der Waals surface area contributed by atoms with Crippen LogP contribution in [0.1, 0.15) is 35.1 Å². The molecule has 2 saturated heterocycles. The highest BCUT2D eigenvalue weighted by Gasteiger charge is 2.39. The van der Waals surface area contributed by atoms with E-state index in [1.165, 1.54) is 6.20 Å². The molecular formula is C30H25N7O3. The predicted molar refractivity (Wildman–Crippen MR) is 147 cm³/mol. The monoisotopic (exact) mass is 531 g/mol. The highest BCUT2D eigenvalue weighted by Crippen LogP contribution is 2.39. The molecule has 10 heteroatoms. The second kappa shape index (κ2) is 10.0. The Kier molecular flexibility index (Phi) is 6.06. The Morgan fingerprint density at radius 1 is 1.00 bits per heavy atom. The molecule has 0 radical (unpaired) electrons. The van der Waals surface area contributed by atoms with Crippen LogP contribution in [0.3, 0.4) is 0 Å². The van der Waals surface area contributed by atoms with E-state index in [9.17, 15) is 10.1 Å². The van der Waals surface area contributed by atoms with Crippen LogP contribution in [0.5, 0.6) is 0 Å². The van der Waals surface area contributed by atoms with Gasteiger partial charge in [-0.1, -0.05) is 59.7 Å². The molecule has 2 unspecified atom stereocenters. The molecule has 3 aliphatic heterocycles. The molecule has 5 heterocycles. The van der Waals surface area contributed by atoms with Crippen molar-refractivity contribution in [3.63, 3.8) is 0 Å². The lowest BCUT2D eigenvalue weighted by Gasteiger charge is -2.37. The molecule has 3 atom stereocenters.